The van der Waals surface area contributed by atoms with Crippen molar-refractivity contribution in [1.29, 1.82) is 0 Å². The van der Waals surface area contributed by atoms with Crippen molar-refractivity contribution < 1.29 is 9.28 Å². The molecule has 0 fully saturated rings. The first-order chi connectivity index (χ1) is 2.81. The minimum Gasteiger partial charge on any atom is -0.271 e. The zero-order valence-electron chi connectivity index (χ0n) is 2.87. The van der Waals surface area contributed by atoms with Crippen molar-refractivity contribution in [2.75, 3.05) is 5.88 Å². The topological polar surface area (TPSA) is 29.1 Å². The van der Waals surface area contributed by atoms with E-state index in [1.165, 1.54) is 0 Å². The largest absolute Gasteiger partial charge is 0.271 e. The molecule has 0 spiro atoms. The molecular weight excluding hydrogens is 108 g/mol. The molecule has 6 heavy (non-hydrogen) atoms. The summed E-state index contributed by atoms with van der Waals surface area (Å²) >= 11 is 4.80. The van der Waals surface area contributed by atoms with Crippen LogP contribution in [0.2, 0.25) is 0 Å². The summed E-state index contributed by atoms with van der Waals surface area (Å²) in [4.78, 5) is 9.56. The number of amides is 1. The summed E-state index contributed by atoms with van der Waals surface area (Å²) in [6.07, 6.45) is 0. The molecule has 36 valence electrons. The van der Waals surface area contributed by atoms with Gasteiger partial charge in [0.25, 0.3) is 5.91 Å². The van der Waals surface area contributed by atoms with E-state index in [1.54, 1.807) is 0 Å². The van der Waals surface area contributed by atoms with Gasteiger partial charge < -0.3 is 0 Å². The Balaban J connectivity index is 2.99. The maximum absolute atomic E-state index is 10.7. The molecule has 2 nitrogen and oxygen atoms in total. The van der Waals surface area contributed by atoms with Gasteiger partial charge in [0.2, 0.25) is 0 Å². The van der Waals surface area contributed by atoms with Crippen LogP contribution in [-0.2, 0) is 4.79 Å². The lowest BCUT2D eigenvalue weighted by Gasteiger charge is -1.80. The fraction of sp³-hybridized carbons (Fsp3) is 0.500. The van der Waals surface area contributed by atoms with Gasteiger partial charge in [0.05, 0.1) is 0 Å². The molecule has 0 unspecified atom stereocenters. The van der Waals surface area contributed by atoms with E-state index in [4.69, 9.17) is 11.6 Å². The molecule has 1 N–H and O–H groups in total. The molecule has 0 atom stereocenters. The maximum Gasteiger partial charge on any atom is 0.262 e. The number of carbonyl (C=O) groups is 1. The van der Waals surface area contributed by atoms with Gasteiger partial charge in [0.1, 0.15) is 5.88 Å². The molecule has 0 radical (unpaired) electrons. The van der Waals surface area contributed by atoms with Crippen LogP contribution in [0.15, 0.2) is 0 Å². The van der Waals surface area contributed by atoms with E-state index in [0.29, 0.717) is 0 Å². The van der Waals surface area contributed by atoms with Crippen molar-refractivity contribution in [2.24, 2.45) is 0 Å². The van der Waals surface area contributed by atoms with Crippen molar-refractivity contribution in [3.8, 4) is 0 Å². The third-order valence-corrected chi connectivity index (χ3v) is 0.470. The molecule has 0 bridgehead atoms. The maximum atomic E-state index is 10.7. The van der Waals surface area contributed by atoms with Crippen LogP contribution < -0.4 is 5.54 Å². The molecule has 0 saturated heterocycles. The Morgan fingerprint density at radius 1 is 2.00 bits per heavy atom. The van der Waals surface area contributed by atoms with Crippen molar-refractivity contribution in [1.82, 2.24) is 5.54 Å². The van der Waals surface area contributed by atoms with E-state index >= 15 is 0 Å². The van der Waals surface area contributed by atoms with E-state index in [1.807, 2.05) is 0 Å². The van der Waals surface area contributed by atoms with Crippen LogP contribution in [-0.4, -0.2) is 11.8 Å². The van der Waals surface area contributed by atoms with Gasteiger partial charge in [0, 0.05) is 0 Å². The molecule has 0 saturated carbocycles. The van der Waals surface area contributed by atoms with E-state index in [-0.39, 0.29) is 5.88 Å². The quantitative estimate of drug-likeness (QED) is 0.381. The van der Waals surface area contributed by atoms with Crippen LogP contribution in [0.25, 0.3) is 0 Å². The second-order valence-corrected chi connectivity index (χ2v) is 0.919. The minimum atomic E-state index is -0.809. The van der Waals surface area contributed by atoms with Crippen molar-refractivity contribution >= 4 is 17.5 Å². The van der Waals surface area contributed by atoms with Crippen LogP contribution in [0.5, 0.6) is 0 Å². The lowest BCUT2D eigenvalue weighted by Crippen LogP contribution is -2.13. The van der Waals surface area contributed by atoms with Crippen LogP contribution in [0, 0.1) is 0 Å². The highest BCUT2D eigenvalue weighted by Gasteiger charge is 1.90. The minimum absolute atomic E-state index is 0.323. The first-order valence-corrected chi connectivity index (χ1v) is 1.80. The van der Waals surface area contributed by atoms with Crippen LogP contribution in [0.4, 0.5) is 4.48 Å². The first-order valence-electron chi connectivity index (χ1n) is 1.26. The van der Waals surface area contributed by atoms with Gasteiger partial charge in [-0.15, -0.1) is 16.1 Å². The van der Waals surface area contributed by atoms with Gasteiger partial charge in [-0.25, -0.2) is 0 Å². The molecule has 0 aromatic rings. The molecule has 0 heterocycles. The second kappa shape index (κ2) is 2.90. The van der Waals surface area contributed by atoms with Gasteiger partial charge in [-0.05, 0) is 0 Å². The lowest BCUT2D eigenvalue weighted by molar-refractivity contribution is -0.122. The Hall–Kier alpha value is -0.310. The second-order valence-electron chi connectivity index (χ2n) is 0.651. The number of rotatable bonds is 1. The summed E-state index contributed by atoms with van der Waals surface area (Å²) in [7, 11) is 0. The van der Waals surface area contributed by atoms with Crippen molar-refractivity contribution in [2.45, 2.75) is 0 Å². The fourth-order valence-corrected chi connectivity index (χ4v) is 0.0758. The number of carbonyl (C=O) groups excluding carboxylic acids is 1. The number of nitrogens with one attached hydrogen (secondary N) is 1. The summed E-state index contributed by atoms with van der Waals surface area (Å²) in [6, 6.07) is 0. The predicted molar refractivity (Wildman–Crippen MR) is 20.0 cm³/mol. The van der Waals surface area contributed by atoms with Crippen LogP contribution in [0.3, 0.4) is 0 Å². The molecule has 4 heteroatoms. The Morgan fingerprint density at radius 3 is 2.50 bits per heavy atom. The van der Waals surface area contributed by atoms with Gasteiger partial charge in [0.15, 0.2) is 0 Å². The number of alkyl halides is 1. The molecule has 0 aliphatic carbocycles. The Morgan fingerprint density at radius 2 is 2.50 bits per heavy atom. The molecule has 1 amide bonds. The highest BCUT2D eigenvalue weighted by Crippen LogP contribution is 1.70. The summed E-state index contributed by atoms with van der Waals surface area (Å²) in [5, 5.41) is 0. The molecule has 0 aliphatic rings. The zero-order chi connectivity index (χ0) is 4.99. The third kappa shape index (κ3) is 1.96. The van der Waals surface area contributed by atoms with Gasteiger partial charge in [-0.2, -0.15) is 5.54 Å². The highest BCUT2D eigenvalue weighted by atomic mass is 35.5. The van der Waals surface area contributed by atoms with E-state index in [2.05, 4.69) is 0 Å². The smallest absolute Gasteiger partial charge is 0.262 e. The molecule has 0 aromatic carbocycles. The van der Waals surface area contributed by atoms with E-state index in [0.717, 1.165) is 5.54 Å². The van der Waals surface area contributed by atoms with Gasteiger partial charge >= 0.3 is 0 Å². The monoisotopic (exact) mass is 111 g/mol. The SMILES string of the molecule is O=C(CCl)NF. The van der Waals surface area contributed by atoms with Crippen LogP contribution in [0.1, 0.15) is 0 Å². The Bertz CT molecular complexity index is 51.5. The lowest BCUT2D eigenvalue weighted by atomic mass is 10.8. The average molecular weight is 112 g/mol. The predicted octanol–water partition coefficient (Wildman–Crippen LogP) is 0.226. The molecule has 0 aliphatic heterocycles. The number of hydrogen-bond acceptors (Lipinski definition) is 1. The average Bonchev–Trinajstić information content (AvgIpc) is 1.65. The Labute approximate surface area is 39.2 Å². The third-order valence-electron chi connectivity index (χ3n) is 0.227. The summed E-state index contributed by atoms with van der Waals surface area (Å²) in [5.41, 5.74) is 0.844. The zero-order valence-corrected chi connectivity index (χ0v) is 3.63. The fourth-order valence-electron chi connectivity index (χ4n) is 0.0253. The number of hydrogen-bond donors (Lipinski definition) is 1. The first kappa shape index (κ1) is 5.69. The summed E-state index contributed by atoms with van der Waals surface area (Å²) in [5.74, 6) is -1.13. The van der Waals surface area contributed by atoms with Gasteiger partial charge in [-0.3, -0.25) is 4.79 Å². The Kier molecular flexibility index (Phi) is 2.75. The standard InChI is InChI=1S/C2H3ClFNO/c3-1-2(6)5-4/h1H2,(H,5,6). The van der Waals surface area contributed by atoms with Crippen molar-refractivity contribution in [3.05, 3.63) is 0 Å². The summed E-state index contributed by atoms with van der Waals surface area (Å²) in [6.45, 7) is 0. The molecule has 0 rings (SSSR count). The van der Waals surface area contributed by atoms with Crippen molar-refractivity contribution in [3.63, 3.8) is 0 Å². The molecular formula is C2H3ClFNO. The molecule has 0 aromatic heterocycles. The van der Waals surface area contributed by atoms with Crippen LogP contribution >= 0.6 is 11.6 Å². The van der Waals surface area contributed by atoms with Gasteiger partial charge in [-0.1, -0.05) is 0 Å². The normalized spacial score (nSPS) is 7.67. The van der Waals surface area contributed by atoms with E-state index in [9.17, 15) is 9.28 Å². The summed E-state index contributed by atoms with van der Waals surface area (Å²) < 4.78 is 10.7. The van der Waals surface area contributed by atoms with E-state index < -0.39 is 5.91 Å². The number of halogens is 2. The highest BCUT2D eigenvalue weighted by molar-refractivity contribution is 6.27.